The van der Waals surface area contributed by atoms with Crippen molar-refractivity contribution >= 4 is 51.1 Å². The first kappa shape index (κ1) is 32.8. The van der Waals surface area contributed by atoms with E-state index in [9.17, 15) is 0 Å². The molecular weight excluding hydrogens is 627 g/mol. The first-order chi connectivity index (χ1) is 25.5. The van der Waals surface area contributed by atoms with Crippen LogP contribution in [0.3, 0.4) is 0 Å². The van der Waals surface area contributed by atoms with Crippen LogP contribution in [0, 0.1) is 0 Å². The van der Waals surface area contributed by atoms with Crippen LogP contribution in [0.4, 0.5) is 11.4 Å². The summed E-state index contributed by atoms with van der Waals surface area (Å²) in [7, 11) is 0. The zero-order chi connectivity index (χ0) is 35.5. The molecule has 1 heteroatoms. The third-order valence-electron chi connectivity index (χ3n) is 10.2. The number of hydrogen-bond acceptors (Lipinski definition) is 1. The number of nitrogens with zero attached hydrogens (tertiary/aromatic N) is 1. The fourth-order valence-corrected chi connectivity index (χ4v) is 7.59. The first-order valence-electron chi connectivity index (χ1n) is 18.1. The van der Waals surface area contributed by atoms with Gasteiger partial charge in [-0.25, -0.2) is 0 Å². The number of benzene rings is 7. The Morgan fingerprint density at radius 2 is 1.15 bits per heavy atom. The summed E-state index contributed by atoms with van der Waals surface area (Å²) in [6.45, 7) is 6.70. The zero-order valence-electron chi connectivity index (χ0n) is 29.9. The molecule has 0 amide bonds. The van der Waals surface area contributed by atoms with Crippen LogP contribution in [-0.2, 0) is 5.41 Å². The number of para-hydroxylation sites is 2. The highest BCUT2D eigenvalue weighted by Crippen LogP contribution is 2.44. The molecule has 250 valence electrons. The van der Waals surface area contributed by atoms with Gasteiger partial charge in [-0.15, -0.1) is 0 Å². The third kappa shape index (κ3) is 6.13. The fraction of sp³-hybridized carbons (Fsp3) is 0.0784. The van der Waals surface area contributed by atoms with Crippen LogP contribution in [0.5, 0.6) is 0 Å². The molecule has 52 heavy (non-hydrogen) atoms. The number of hydrogen-bond donors (Lipinski definition) is 0. The van der Waals surface area contributed by atoms with Crippen LogP contribution >= 0.6 is 0 Å². The molecule has 0 atom stereocenters. The molecule has 0 saturated carbocycles. The van der Waals surface area contributed by atoms with Gasteiger partial charge in [-0.3, -0.25) is 0 Å². The summed E-state index contributed by atoms with van der Waals surface area (Å²) in [5.74, 6) is 0. The number of anilines is 2. The van der Waals surface area contributed by atoms with Crippen molar-refractivity contribution in [3.05, 3.63) is 215 Å². The standard InChI is InChI=1S/C51H41N/c1-4-18-41(52(42-21-10-6-11-22-42)43-23-12-7-13-24-43)33-32-40-36-39-31-29-37(35-49(39)51(40,2)3)30-34-48-46-27-15-14-25-44(46)45-26-16-17-28-47(45)50(48)38-19-8-5-9-20-38/h4-32,34-36H,1-3H3/b18-4-,34-30+. The van der Waals surface area contributed by atoms with Crippen molar-refractivity contribution in [2.45, 2.75) is 26.2 Å². The summed E-state index contributed by atoms with van der Waals surface area (Å²) in [5.41, 5.74) is 15.4. The number of rotatable bonds is 8. The van der Waals surface area contributed by atoms with E-state index in [1.807, 2.05) is 0 Å². The quantitative estimate of drug-likeness (QED) is 0.0675. The van der Waals surface area contributed by atoms with E-state index < -0.39 is 0 Å². The average molecular weight is 668 g/mol. The van der Waals surface area contributed by atoms with Crippen molar-refractivity contribution in [2.75, 3.05) is 4.90 Å². The maximum atomic E-state index is 3.71. The van der Waals surface area contributed by atoms with Gasteiger partial charge in [0.2, 0.25) is 0 Å². The molecule has 1 nitrogen and oxygen atoms in total. The lowest BCUT2D eigenvalue weighted by Gasteiger charge is -2.25. The van der Waals surface area contributed by atoms with E-state index in [-0.39, 0.29) is 5.41 Å². The van der Waals surface area contributed by atoms with Gasteiger partial charge in [0.15, 0.2) is 0 Å². The Morgan fingerprint density at radius 3 is 1.79 bits per heavy atom. The highest BCUT2D eigenvalue weighted by molar-refractivity contribution is 6.18. The van der Waals surface area contributed by atoms with Crippen molar-refractivity contribution < 1.29 is 0 Å². The molecule has 0 radical (unpaired) electrons. The van der Waals surface area contributed by atoms with E-state index in [1.54, 1.807) is 0 Å². The molecule has 0 aliphatic heterocycles. The Kier molecular flexibility index (Phi) is 8.88. The third-order valence-corrected chi connectivity index (χ3v) is 10.2. The van der Waals surface area contributed by atoms with Gasteiger partial charge in [0, 0.05) is 16.8 Å². The van der Waals surface area contributed by atoms with Gasteiger partial charge in [-0.05, 0) is 110 Å². The predicted molar refractivity (Wildman–Crippen MR) is 225 cm³/mol. The summed E-state index contributed by atoms with van der Waals surface area (Å²) >= 11 is 0. The number of allylic oxidation sites excluding steroid dienone is 3. The van der Waals surface area contributed by atoms with Crippen molar-refractivity contribution in [1.82, 2.24) is 0 Å². The molecule has 0 unspecified atom stereocenters. The average Bonchev–Trinajstić information content (AvgIpc) is 3.45. The van der Waals surface area contributed by atoms with Gasteiger partial charge < -0.3 is 4.90 Å². The maximum absolute atomic E-state index is 3.71. The number of fused-ring (bicyclic) bond motifs is 4. The van der Waals surface area contributed by atoms with Crippen molar-refractivity contribution in [3.63, 3.8) is 0 Å². The molecule has 0 bridgehead atoms. The van der Waals surface area contributed by atoms with Gasteiger partial charge >= 0.3 is 0 Å². The fourth-order valence-electron chi connectivity index (χ4n) is 7.59. The van der Waals surface area contributed by atoms with E-state index in [0.29, 0.717) is 0 Å². The van der Waals surface area contributed by atoms with Gasteiger partial charge in [-0.1, -0.05) is 171 Å². The summed E-state index contributed by atoms with van der Waals surface area (Å²) in [6, 6.07) is 56.3. The van der Waals surface area contributed by atoms with Gasteiger partial charge in [-0.2, -0.15) is 0 Å². The zero-order valence-corrected chi connectivity index (χ0v) is 29.9. The monoisotopic (exact) mass is 667 g/mol. The highest BCUT2D eigenvalue weighted by Gasteiger charge is 2.31. The normalized spacial score (nSPS) is 13.3. The maximum Gasteiger partial charge on any atom is 0.0887 e. The molecule has 1 aliphatic rings. The summed E-state index contributed by atoms with van der Waals surface area (Å²) in [4.78, 5) is 2.26. The Morgan fingerprint density at radius 1 is 0.596 bits per heavy atom. The second kappa shape index (κ2) is 14.1. The second-order valence-electron chi connectivity index (χ2n) is 13.8. The molecular formula is C51H41N. The van der Waals surface area contributed by atoms with E-state index >= 15 is 0 Å². The molecule has 7 aromatic rings. The van der Waals surface area contributed by atoms with E-state index in [1.165, 1.54) is 60.5 Å². The van der Waals surface area contributed by atoms with Crippen LogP contribution in [0.15, 0.2) is 193 Å². The summed E-state index contributed by atoms with van der Waals surface area (Å²) < 4.78 is 0. The van der Waals surface area contributed by atoms with Crippen molar-refractivity contribution in [1.29, 1.82) is 0 Å². The highest BCUT2D eigenvalue weighted by atomic mass is 15.1. The minimum Gasteiger partial charge on any atom is -0.304 e. The van der Waals surface area contributed by atoms with Crippen molar-refractivity contribution in [2.24, 2.45) is 0 Å². The minimum atomic E-state index is -0.192. The molecule has 8 rings (SSSR count). The predicted octanol–water partition coefficient (Wildman–Crippen LogP) is 14.0. The smallest absolute Gasteiger partial charge is 0.0887 e. The van der Waals surface area contributed by atoms with Crippen LogP contribution < -0.4 is 4.90 Å². The topological polar surface area (TPSA) is 3.24 Å². The lowest BCUT2D eigenvalue weighted by molar-refractivity contribution is 0.654. The van der Waals surface area contributed by atoms with E-state index in [2.05, 4.69) is 226 Å². The molecule has 7 aromatic carbocycles. The van der Waals surface area contributed by atoms with Crippen molar-refractivity contribution in [3.8, 4) is 11.1 Å². The Labute approximate surface area is 307 Å². The molecule has 0 fully saturated rings. The lowest BCUT2D eigenvalue weighted by atomic mass is 9.80. The summed E-state index contributed by atoms with van der Waals surface area (Å²) in [5, 5.41) is 5.08. The Bertz CT molecular complexity index is 2520. The molecule has 0 spiro atoms. The van der Waals surface area contributed by atoms with Crippen LogP contribution in [-0.4, -0.2) is 0 Å². The Balaban J connectivity index is 1.18. The van der Waals surface area contributed by atoms with Crippen LogP contribution in [0.1, 0.15) is 43.0 Å². The molecule has 0 saturated heterocycles. The SMILES string of the molecule is C/C=C\C(=C=CC1=Cc2ccc(/C=C/c3c(-c4ccccc4)c4ccccc4c4ccccc34)cc2C1(C)C)N(c1ccccc1)c1ccccc1. The molecule has 1 aliphatic carbocycles. The van der Waals surface area contributed by atoms with E-state index in [0.717, 1.165) is 17.1 Å². The van der Waals surface area contributed by atoms with Gasteiger partial charge in [0.05, 0.1) is 5.70 Å². The second-order valence-corrected chi connectivity index (χ2v) is 13.8. The minimum absolute atomic E-state index is 0.192. The van der Waals surface area contributed by atoms with E-state index in [4.69, 9.17) is 0 Å². The Hall–Kier alpha value is -6.40. The van der Waals surface area contributed by atoms with Gasteiger partial charge in [0.1, 0.15) is 0 Å². The van der Waals surface area contributed by atoms with Crippen LogP contribution in [0.2, 0.25) is 0 Å². The summed E-state index contributed by atoms with van der Waals surface area (Å²) in [6.07, 6.45) is 13.3. The van der Waals surface area contributed by atoms with Crippen LogP contribution in [0.25, 0.3) is 50.9 Å². The molecule has 0 heterocycles. The molecule has 0 aromatic heterocycles. The molecule has 0 N–H and O–H groups in total. The largest absolute Gasteiger partial charge is 0.304 e. The van der Waals surface area contributed by atoms with Gasteiger partial charge in [0.25, 0.3) is 0 Å². The first-order valence-corrected chi connectivity index (χ1v) is 18.1. The lowest BCUT2D eigenvalue weighted by Crippen LogP contribution is -2.16.